The maximum atomic E-state index is 10.6. The Morgan fingerprint density at radius 2 is 2.45 bits per heavy atom. The van der Waals surface area contributed by atoms with Gasteiger partial charge in [-0.2, -0.15) is 0 Å². The summed E-state index contributed by atoms with van der Waals surface area (Å²) in [4.78, 5) is 10.6. The molecule has 0 aromatic carbocycles. The second-order valence-electron chi connectivity index (χ2n) is 2.17. The van der Waals surface area contributed by atoms with E-state index in [-0.39, 0.29) is 5.97 Å². The van der Waals surface area contributed by atoms with Crippen molar-refractivity contribution >= 4 is 5.97 Å². The minimum Gasteiger partial charge on any atom is -0.469 e. The molecule has 0 spiro atoms. The number of carbonyl (C=O) groups excluding carboxylic acids is 1. The molecule has 0 saturated heterocycles. The van der Waals surface area contributed by atoms with Crippen molar-refractivity contribution in [1.29, 1.82) is 0 Å². The Balaban J connectivity index is 3.01. The number of hydrogen-bond acceptors (Lipinski definition) is 3. The standard InChI is InChI=1S/C8H15NO2/c1-3-6-9-7-4-5-8(10)11-2/h3,9H,1,4-7H2,2H3. The number of ether oxygens (including phenoxy) is 1. The molecule has 0 aromatic rings. The topological polar surface area (TPSA) is 38.3 Å². The van der Waals surface area contributed by atoms with E-state index in [1.165, 1.54) is 7.11 Å². The summed E-state index contributed by atoms with van der Waals surface area (Å²) in [5.41, 5.74) is 0. The summed E-state index contributed by atoms with van der Waals surface area (Å²) < 4.78 is 4.47. The Labute approximate surface area is 67.4 Å². The fraction of sp³-hybridized carbons (Fsp3) is 0.625. The summed E-state index contributed by atoms with van der Waals surface area (Å²) in [7, 11) is 1.40. The van der Waals surface area contributed by atoms with Crippen LogP contribution < -0.4 is 5.32 Å². The molecule has 0 radical (unpaired) electrons. The highest BCUT2D eigenvalue weighted by molar-refractivity contribution is 5.68. The summed E-state index contributed by atoms with van der Waals surface area (Å²) in [6, 6.07) is 0. The minimum absolute atomic E-state index is 0.148. The molecule has 0 unspecified atom stereocenters. The highest BCUT2D eigenvalue weighted by Gasteiger charge is 1.97. The number of esters is 1. The lowest BCUT2D eigenvalue weighted by molar-refractivity contribution is -0.140. The first kappa shape index (κ1) is 10.2. The molecule has 0 heterocycles. The third kappa shape index (κ3) is 7.06. The van der Waals surface area contributed by atoms with E-state index in [2.05, 4.69) is 16.6 Å². The quantitative estimate of drug-likeness (QED) is 0.350. The van der Waals surface area contributed by atoms with Crippen molar-refractivity contribution < 1.29 is 9.53 Å². The summed E-state index contributed by atoms with van der Waals surface area (Å²) in [6.45, 7) is 5.18. The van der Waals surface area contributed by atoms with Crippen molar-refractivity contribution in [2.45, 2.75) is 12.8 Å². The molecule has 0 fully saturated rings. The van der Waals surface area contributed by atoms with E-state index in [4.69, 9.17) is 0 Å². The zero-order valence-corrected chi connectivity index (χ0v) is 6.93. The lowest BCUT2D eigenvalue weighted by Crippen LogP contribution is -2.16. The van der Waals surface area contributed by atoms with Crippen LogP contribution in [0.15, 0.2) is 12.7 Å². The molecule has 3 nitrogen and oxygen atoms in total. The summed E-state index contributed by atoms with van der Waals surface area (Å²) >= 11 is 0. The number of nitrogens with one attached hydrogen (secondary N) is 1. The summed E-state index contributed by atoms with van der Waals surface area (Å²) in [5, 5.41) is 3.09. The molecule has 0 aliphatic heterocycles. The van der Waals surface area contributed by atoms with E-state index in [9.17, 15) is 4.79 Å². The molecule has 64 valence electrons. The predicted octanol–water partition coefficient (Wildman–Crippen LogP) is 0.715. The van der Waals surface area contributed by atoms with E-state index >= 15 is 0 Å². The van der Waals surface area contributed by atoms with Crippen LogP contribution in [0.4, 0.5) is 0 Å². The van der Waals surface area contributed by atoms with Crippen LogP contribution in [0.3, 0.4) is 0 Å². The molecule has 1 N–H and O–H groups in total. The van der Waals surface area contributed by atoms with Crippen LogP contribution in [0.2, 0.25) is 0 Å². The molecule has 0 bridgehead atoms. The lowest BCUT2D eigenvalue weighted by atomic mass is 10.3. The SMILES string of the molecule is C=CCNCCCC(=O)OC. The number of rotatable bonds is 6. The average Bonchev–Trinajstić information content (AvgIpc) is 2.04. The third-order valence-corrected chi connectivity index (χ3v) is 1.25. The van der Waals surface area contributed by atoms with E-state index in [0.29, 0.717) is 6.42 Å². The first-order valence-corrected chi connectivity index (χ1v) is 3.69. The largest absolute Gasteiger partial charge is 0.469 e. The Bertz CT molecular complexity index is 123. The summed E-state index contributed by atoms with van der Waals surface area (Å²) in [5.74, 6) is -0.148. The highest BCUT2D eigenvalue weighted by atomic mass is 16.5. The van der Waals surface area contributed by atoms with Crippen LogP contribution in [0.1, 0.15) is 12.8 Å². The second-order valence-corrected chi connectivity index (χ2v) is 2.17. The Morgan fingerprint density at radius 1 is 1.73 bits per heavy atom. The van der Waals surface area contributed by atoms with Crippen LogP contribution in [-0.2, 0) is 9.53 Å². The van der Waals surface area contributed by atoms with Gasteiger partial charge in [0.05, 0.1) is 7.11 Å². The number of carbonyl (C=O) groups is 1. The molecule has 3 heteroatoms. The second kappa shape index (κ2) is 7.28. The fourth-order valence-electron chi connectivity index (χ4n) is 0.664. The van der Waals surface area contributed by atoms with Crippen molar-refractivity contribution in [1.82, 2.24) is 5.32 Å². The zero-order valence-electron chi connectivity index (χ0n) is 6.93. The Morgan fingerprint density at radius 3 is 3.00 bits per heavy atom. The molecule has 0 rings (SSSR count). The summed E-state index contributed by atoms with van der Waals surface area (Å²) in [6.07, 6.45) is 3.10. The van der Waals surface area contributed by atoms with Gasteiger partial charge in [-0.1, -0.05) is 6.08 Å². The third-order valence-electron chi connectivity index (χ3n) is 1.25. The van der Waals surface area contributed by atoms with Crippen molar-refractivity contribution in [3.63, 3.8) is 0 Å². The van der Waals surface area contributed by atoms with Gasteiger partial charge in [-0.25, -0.2) is 0 Å². The Hall–Kier alpha value is -0.830. The maximum Gasteiger partial charge on any atom is 0.305 e. The number of methoxy groups -OCH3 is 1. The fourth-order valence-corrected chi connectivity index (χ4v) is 0.664. The smallest absolute Gasteiger partial charge is 0.305 e. The predicted molar refractivity (Wildman–Crippen MR) is 44.3 cm³/mol. The first-order chi connectivity index (χ1) is 5.31. The molecule has 0 saturated carbocycles. The van der Waals surface area contributed by atoms with Gasteiger partial charge >= 0.3 is 5.97 Å². The van der Waals surface area contributed by atoms with E-state index in [1.54, 1.807) is 6.08 Å². The van der Waals surface area contributed by atoms with Gasteiger partial charge in [0.15, 0.2) is 0 Å². The van der Waals surface area contributed by atoms with Gasteiger partial charge in [0.1, 0.15) is 0 Å². The van der Waals surface area contributed by atoms with Crippen LogP contribution in [-0.4, -0.2) is 26.2 Å². The van der Waals surface area contributed by atoms with Gasteiger partial charge in [0.25, 0.3) is 0 Å². The van der Waals surface area contributed by atoms with Gasteiger partial charge < -0.3 is 10.1 Å². The van der Waals surface area contributed by atoms with Crippen LogP contribution in [0, 0.1) is 0 Å². The number of hydrogen-bond donors (Lipinski definition) is 1. The lowest BCUT2D eigenvalue weighted by Gasteiger charge is -1.99. The monoisotopic (exact) mass is 157 g/mol. The molecule has 0 aromatic heterocycles. The zero-order chi connectivity index (χ0) is 8.53. The van der Waals surface area contributed by atoms with Gasteiger partial charge in [0.2, 0.25) is 0 Å². The van der Waals surface area contributed by atoms with Crippen LogP contribution in [0.25, 0.3) is 0 Å². The molecule has 11 heavy (non-hydrogen) atoms. The van der Waals surface area contributed by atoms with E-state index in [1.807, 2.05) is 0 Å². The van der Waals surface area contributed by atoms with Crippen molar-refractivity contribution in [3.05, 3.63) is 12.7 Å². The van der Waals surface area contributed by atoms with Crippen molar-refractivity contribution in [2.75, 3.05) is 20.2 Å². The van der Waals surface area contributed by atoms with Gasteiger partial charge in [-0.15, -0.1) is 6.58 Å². The maximum absolute atomic E-state index is 10.6. The first-order valence-electron chi connectivity index (χ1n) is 3.69. The molecule has 0 aliphatic rings. The van der Waals surface area contributed by atoms with Gasteiger partial charge in [-0.05, 0) is 13.0 Å². The highest BCUT2D eigenvalue weighted by Crippen LogP contribution is 1.88. The molecule has 0 aliphatic carbocycles. The van der Waals surface area contributed by atoms with E-state index < -0.39 is 0 Å². The van der Waals surface area contributed by atoms with Gasteiger partial charge in [0, 0.05) is 13.0 Å². The van der Waals surface area contributed by atoms with Crippen LogP contribution in [0.5, 0.6) is 0 Å². The molecular formula is C8H15NO2. The Kier molecular flexibility index (Phi) is 6.73. The van der Waals surface area contributed by atoms with Crippen LogP contribution >= 0.6 is 0 Å². The van der Waals surface area contributed by atoms with Crippen molar-refractivity contribution in [3.8, 4) is 0 Å². The molecule has 0 atom stereocenters. The molecular weight excluding hydrogens is 142 g/mol. The minimum atomic E-state index is -0.148. The average molecular weight is 157 g/mol. The van der Waals surface area contributed by atoms with E-state index in [0.717, 1.165) is 19.5 Å². The molecule has 0 amide bonds. The van der Waals surface area contributed by atoms with Gasteiger partial charge in [-0.3, -0.25) is 4.79 Å². The normalized spacial score (nSPS) is 9.18. The van der Waals surface area contributed by atoms with Crippen molar-refractivity contribution in [2.24, 2.45) is 0 Å².